The lowest BCUT2D eigenvalue weighted by Crippen LogP contribution is -2.35. The SMILES string of the molecule is COC[C@H](C)Oc1cnc(C(=O)Cc2cc(F)c(F)c([C@@]3(C)N=C(N)S[C@@]4(C#N)C[C@H]43)c2)cn1.COC[C@H](C)Oc1cnc(C(=O)O)cn1.C[C@]1(c2cc(N)cc(F)c2F)N=C(N)S[C@@]2(C#N)C[C@H]21. The van der Waals surface area contributed by atoms with Gasteiger partial charge in [-0.2, -0.15) is 10.5 Å². The normalized spacial score (nSPS) is 25.6. The third kappa shape index (κ3) is 11.1. The molecule has 0 amide bonds. The van der Waals surface area contributed by atoms with E-state index in [4.69, 9.17) is 41.3 Å². The number of anilines is 1. The molecule has 8 rings (SSSR count). The van der Waals surface area contributed by atoms with Gasteiger partial charge in [-0.25, -0.2) is 42.3 Å². The number of hydrogen-bond donors (Lipinski definition) is 4. The van der Waals surface area contributed by atoms with Crippen molar-refractivity contribution in [3.63, 3.8) is 0 Å². The van der Waals surface area contributed by atoms with Gasteiger partial charge in [0.25, 0.3) is 0 Å². The van der Waals surface area contributed by atoms with E-state index in [1.54, 1.807) is 35.0 Å². The number of rotatable bonds is 14. The van der Waals surface area contributed by atoms with Gasteiger partial charge in [0.1, 0.15) is 27.4 Å². The lowest BCUT2D eigenvalue weighted by molar-refractivity contribution is 0.0688. The molecule has 0 unspecified atom stereocenters. The zero-order chi connectivity index (χ0) is 50.6. The van der Waals surface area contributed by atoms with Crippen molar-refractivity contribution in [3.05, 3.63) is 100 Å². The molecule has 24 heteroatoms. The monoisotopic (exact) mass is 993 g/mol. The first-order valence-electron chi connectivity index (χ1n) is 20.9. The van der Waals surface area contributed by atoms with E-state index in [1.165, 1.54) is 42.5 Å². The van der Waals surface area contributed by atoms with Crippen LogP contribution in [0.4, 0.5) is 23.2 Å². The molecule has 2 aliphatic heterocycles. The maximum absolute atomic E-state index is 14.9. The lowest BCUT2D eigenvalue weighted by Gasteiger charge is -2.32. The first-order chi connectivity index (χ1) is 32.6. The second-order valence-electron chi connectivity index (χ2n) is 16.9. The van der Waals surface area contributed by atoms with Crippen LogP contribution < -0.4 is 26.7 Å². The molecule has 2 fully saturated rings. The average Bonchev–Trinajstić information content (AvgIpc) is 4.22. The Bertz CT molecular complexity index is 2770. The number of methoxy groups -OCH3 is 2. The Labute approximate surface area is 402 Å². The standard InChI is InChI=1S/C23H23F2N5O3S.C13H12F2N4S.C9H12N2O4/c1-12(10-32-3)33-19-9-28-16(8-29-19)17(31)6-13-4-14(20(25)15(24)5-13)22(2)18-7-23(18,11-26)34-21(27)30-22;1-12(7-2-6(17)3-8(14)10(7)15)9-4-13(9,5-16)20-11(18)19-12;1-6(5-14-2)15-8-4-10-7(3-11-8)9(12)13/h4-5,8-9,12,18H,6-7,10H2,1-3H3,(H2,27,30);2-3,9H,4,17H2,1H3,(H2,18,19);3-4,6H,5H2,1-2H3,(H,12,13)/t12-,18-,22+,23+;9-,12+,13+;6-/m000/s1. The number of carbonyl (C=O) groups is 2. The molecule has 2 aromatic carbocycles. The number of carbonyl (C=O) groups excluding carboxylic acids is 1. The molecule has 0 bridgehead atoms. The van der Waals surface area contributed by atoms with Gasteiger partial charge >= 0.3 is 5.97 Å². The van der Waals surface area contributed by atoms with E-state index in [2.05, 4.69) is 42.1 Å². The van der Waals surface area contributed by atoms with E-state index in [9.17, 15) is 37.7 Å². The highest BCUT2D eigenvalue weighted by Crippen LogP contribution is 2.66. The Morgan fingerprint density at radius 2 is 1.19 bits per heavy atom. The van der Waals surface area contributed by atoms with Gasteiger partial charge in [-0.15, -0.1) is 0 Å². The number of nitriles is 2. The number of carboxylic acids is 1. The summed E-state index contributed by atoms with van der Waals surface area (Å²) in [6, 6.07) is 9.14. The molecule has 4 heterocycles. The number of aromatic nitrogens is 4. The summed E-state index contributed by atoms with van der Waals surface area (Å²) < 4.78 is 76.4. The zero-order valence-corrected chi connectivity index (χ0v) is 39.6. The van der Waals surface area contributed by atoms with E-state index >= 15 is 0 Å². The van der Waals surface area contributed by atoms with Crippen molar-refractivity contribution in [1.82, 2.24) is 19.9 Å². The number of thioether (sulfide) groups is 2. The van der Waals surface area contributed by atoms with E-state index in [0.717, 1.165) is 30.1 Å². The van der Waals surface area contributed by atoms with E-state index in [0.29, 0.717) is 26.1 Å². The summed E-state index contributed by atoms with van der Waals surface area (Å²) in [5.41, 5.74) is 15.4. The summed E-state index contributed by atoms with van der Waals surface area (Å²) in [6.45, 7) is 7.72. The fourth-order valence-electron chi connectivity index (χ4n) is 8.17. The van der Waals surface area contributed by atoms with Crippen molar-refractivity contribution in [1.29, 1.82) is 10.5 Å². The number of nitrogens with zero attached hydrogens (tertiary/aromatic N) is 8. The molecule has 4 aromatic rings. The highest BCUT2D eigenvalue weighted by Gasteiger charge is 2.68. The van der Waals surface area contributed by atoms with Crippen molar-refractivity contribution in [2.24, 2.45) is 33.3 Å². The summed E-state index contributed by atoms with van der Waals surface area (Å²) in [4.78, 5) is 47.5. The highest BCUT2D eigenvalue weighted by molar-refractivity contribution is 8.15. The van der Waals surface area contributed by atoms with Gasteiger partial charge in [-0.3, -0.25) is 14.8 Å². The Morgan fingerprint density at radius 1 is 0.739 bits per heavy atom. The molecule has 0 radical (unpaired) electrons. The quantitative estimate of drug-likeness (QED) is 0.0654. The molecule has 364 valence electrons. The van der Waals surface area contributed by atoms with Gasteiger partial charge in [-0.1, -0.05) is 23.5 Å². The van der Waals surface area contributed by atoms with Crippen molar-refractivity contribution in [3.8, 4) is 23.9 Å². The number of Topliss-reactive ketones (excluding diaryl/α,β-unsaturated/α-hetero) is 1. The number of benzene rings is 2. The maximum Gasteiger partial charge on any atom is 0.356 e. The van der Waals surface area contributed by atoms with Gasteiger partial charge in [0.05, 0.1) is 61.2 Å². The number of nitrogen functional groups attached to an aromatic ring is 1. The van der Waals surface area contributed by atoms with Crippen LogP contribution in [0, 0.1) is 57.8 Å². The number of nitrogens with two attached hydrogens (primary N) is 3. The van der Waals surface area contributed by atoms with Crippen LogP contribution in [0.15, 0.2) is 59.0 Å². The topological polar surface area (TPSA) is 293 Å². The van der Waals surface area contributed by atoms with E-state index in [-0.39, 0.29) is 86.3 Å². The molecule has 2 aliphatic carbocycles. The Balaban J connectivity index is 0.000000189. The molecular weight excluding hydrogens is 947 g/mol. The van der Waals surface area contributed by atoms with Crippen LogP contribution in [0.1, 0.15) is 78.2 Å². The van der Waals surface area contributed by atoms with Gasteiger partial charge < -0.3 is 41.3 Å². The fraction of sp³-hybridized carbons (Fsp3) is 0.422. The van der Waals surface area contributed by atoms with Crippen LogP contribution in [-0.2, 0) is 27.0 Å². The fourth-order valence-corrected chi connectivity index (χ4v) is 10.7. The molecule has 8 atom stereocenters. The smallest absolute Gasteiger partial charge is 0.356 e. The Kier molecular flexibility index (Phi) is 15.4. The number of ether oxygens (including phenoxy) is 4. The number of amidine groups is 2. The molecule has 0 saturated heterocycles. The van der Waals surface area contributed by atoms with Gasteiger partial charge in [-0.05, 0) is 70.4 Å². The molecule has 2 saturated carbocycles. The Hall–Kier alpha value is -6.60. The summed E-state index contributed by atoms with van der Waals surface area (Å²) in [5, 5.41) is 27.8. The molecule has 2 aromatic heterocycles. The van der Waals surface area contributed by atoms with Crippen molar-refractivity contribution >= 4 is 51.3 Å². The molecule has 18 nitrogen and oxygen atoms in total. The second kappa shape index (κ2) is 20.6. The first-order valence-corrected chi connectivity index (χ1v) is 22.6. The molecule has 4 aliphatic rings. The van der Waals surface area contributed by atoms with Crippen LogP contribution in [0.2, 0.25) is 0 Å². The van der Waals surface area contributed by atoms with Crippen molar-refractivity contribution < 1.29 is 51.2 Å². The van der Waals surface area contributed by atoms with Crippen molar-refractivity contribution in [2.75, 3.05) is 33.2 Å². The second-order valence-corrected chi connectivity index (χ2v) is 19.6. The van der Waals surface area contributed by atoms with Crippen molar-refractivity contribution in [2.45, 2.75) is 79.7 Å². The summed E-state index contributed by atoms with van der Waals surface area (Å²) in [7, 11) is 3.12. The predicted molar refractivity (Wildman–Crippen MR) is 246 cm³/mol. The molecule has 7 N–H and O–H groups in total. The van der Waals surface area contributed by atoms with Crippen LogP contribution in [-0.4, -0.2) is 96.3 Å². The van der Waals surface area contributed by atoms with Gasteiger partial charge in [0.2, 0.25) is 11.8 Å². The van der Waals surface area contributed by atoms with Gasteiger partial charge in [0, 0.05) is 49.3 Å². The third-order valence-electron chi connectivity index (χ3n) is 11.6. The predicted octanol–water partition coefficient (Wildman–Crippen LogP) is 5.85. The highest BCUT2D eigenvalue weighted by atomic mass is 32.2. The summed E-state index contributed by atoms with van der Waals surface area (Å²) in [5.74, 6) is -5.70. The number of aliphatic imine (C=N–C) groups is 2. The first kappa shape index (κ1) is 51.8. The van der Waals surface area contributed by atoms with Gasteiger partial charge in [0.15, 0.2) is 45.1 Å². The van der Waals surface area contributed by atoms with Crippen LogP contribution in [0.3, 0.4) is 0 Å². The minimum atomic E-state index is -1.22. The Morgan fingerprint density at radius 3 is 1.61 bits per heavy atom. The number of fused-ring (bicyclic) bond motifs is 2. The number of hydrogen-bond acceptors (Lipinski definition) is 19. The number of carboxylic acid groups (broad SMARTS) is 1. The maximum atomic E-state index is 14.9. The minimum absolute atomic E-state index is 0.0253. The van der Waals surface area contributed by atoms with Crippen LogP contribution >= 0.6 is 23.5 Å². The van der Waals surface area contributed by atoms with E-state index in [1.807, 2.05) is 6.92 Å². The lowest BCUT2D eigenvalue weighted by atomic mass is 9.84. The van der Waals surface area contributed by atoms with E-state index < -0.39 is 55.6 Å². The summed E-state index contributed by atoms with van der Waals surface area (Å²) in [6.07, 6.45) is 5.40. The summed E-state index contributed by atoms with van der Waals surface area (Å²) >= 11 is 2.35. The number of aromatic carboxylic acids is 1. The largest absolute Gasteiger partial charge is 0.476 e. The number of ketones is 1. The third-order valence-corrected chi connectivity index (χ3v) is 14.0. The number of halogens is 4. The molecular formula is C45H47F4N11O7S2. The molecule has 69 heavy (non-hydrogen) atoms. The average molecular weight is 994 g/mol. The zero-order valence-electron chi connectivity index (χ0n) is 38.0. The van der Waals surface area contributed by atoms with Crippen LogP contribution in [0.25, 0.3) is 0 Å². The van der Waals surface area contributed by atoms with Crippen LogP contribution in [0.5, 0.6) is 11.8 Å². The molecule has 0 spiro atoms. The minimum Gasteiger partial charge on any atom is -0.476 e.